The number of anilines is 2. The quantitative estimate of drug-likeness (QED) is 0.564. The van der Waals surface area contributed by atoms with E-state index >= 15 is 0 Å². The lowest BCUT2D eigenvalue weighted by molar-refractivity contribution is -0.120. The molecule has 3 aromatic rings. The number of carbonyl (C=O) groups is 1. The topological polar surface area (TPSA) is 63.7 Å². The fourth-order valence-corrected chi connectivity index (χ4v) is 4.86. The highest BCUT2D eigenvalue weighted by Gasteiger charge is 2.28. The zero-order valence-corrected chi connectivity index (χ0v) is 18.6. The molecule has 1 aliphatic rings. The van der Waals surface area contributed by atoms with E-state index in [1.54, 1.807) is 36.6 Å². The second-order valence-electron chi connectivity index (χ2n) is 7.18. The lowest BCUT2D eigenvalue weighted by Gasteiger charge is -2.31. The molecular weight excluding hydrogens is 422 g/mol. The van der Waals surface area contributed by atoms with Crippen molar-refractivity contribution in [3.63, 3.8) is 0 Å². The first-order chi connectivity index (χ1) is 14.6. The van der Waals surface area contributed by atoms with Crippen molar-refractivity contribution in [1.29, 1.82) is 0 Å². The molecule has 2 aromatic carbocycles. The maximum absolute atomic E-state index is 12.9. The Labute approximate surface area is 184 Å². The van der Waals surface area contributed by atoms with Crippen molar-refractivity contribution in [2.24, 2.45) is 5.92 Å². The molecule has 0 bridgehead atoms. The molecule has 1 aromatic heterocycles. The highest BCUT2D eigenvalue weighted by Crippen LogP contribution is 2.34. The van der Waals surface area contributed by atoms with Gasteiger partial charge in [0, 0.05) is 18.1 Å². The van der Waals surface area contributed by atoms with Gasteiger partial charge in [0.25, 0.3) is 0 Å². The molecule has 4 rings (SSSR count). The number of fused-ring (bicyclic) bond motifs is 1. The third-order valence-corrected chi connectivity index (χ3v) is 6.46. The molecule has 0 spiro atoms. The number of nitrogens with one attached hydrogen (secondary N) is 1. The van der Waals surface area contributed by atoms with Gasteiger partial charge in [-0.1, -0.05) is 22.9 Å². The molecule has 6 nitrogen and oxygen atoms in total. The summed E-state index contributed by atoms with van der Waals surface area (Å²) in [5, 5.41) is 4.48. The number of nitrogens with zero attached hydrogens (tertiary/aromatic N) is 2. The molecule has 0 aliphatic carbocycles. The van der Waals surface area contributed by atoms with Gasteiger partial charge in [-0.15, -0.1) is 0 Å². The van der Waals surface area contributed by atoms with Crippen molar-refractivity contribution in [3.05, 3.63) is 41.4 Å². The van der Waals surface area contributed by atoms with E-state index in [-0.39, 0.29) is 11.8 Å². The van der Waals surface area contributed by atoms with Gasteiger partial charge in [0.2, 0.25) is 5.91 Å². The predicted molar refractivity (Wildman–Crippen MR) is 122 cm³/mol. The molecule has 158 valence electrons. The summed E-state index contributed by atoms with van der Waals surface area (Å²) in [6.45, 7) is 4.13. The Morgan fingerprint density at radius 1 is 1.33 bits per heavy atom. The zero-order valence-electron chi connectivity index (χ0n) is 17.0. The van der Waals surface area contributed by atoms with Crippen LogP contribution in [0.5, 0.6) is 11.5 Å². The molecule has 1 saturated heterocycles. The van der Waals surface area contributed by atoms with Crippen LogP contribution in [0.25, 0.3) is 10.2 Å². The summed E-state index contributed by atoms with van der Waals surface area (Å²) in [5.74, 6) is 1.29. The Hall–Kier alpha value is -2.51. The van der Waals surface area contributed by atoms with Crippen molar-refractivity contribution in [2.45, 2.75) is 19.8 Å². The van der Waals surface area contributed by atoms with E-state index < -0.39 is 0 Å². The third kappa shape index (κ3) is 4.47. The number of benzene rings is 2. The molecule has 1 fully saturated rings. The lowest BCUT2D eigenvalue weighted by atomic mass is 9.97. The number of hydrogen-bond acceptors (Lipinski definition) is 6. The molecule has 0 unspecified atom stereocenters. The number of halogens is 1. The van der Waals surface area contributed by atoms with Gasteiger partial charge in [-0.3, -0.25) is 4.79 Å². The number of ether oxygens (including phenoxy) is 2. The second-order valence-corrected chi connectivity index (χ2v) is 8.62. The van der Waals surface area contributed by atoms with Crippen molar-refractivity contribution in [2.75, 3.05) is 37.0 Å². The first-order valence-electron chi connectivity index (χ1n) is 10.00. The maximum Gasteiger partial charge on any atom is 0.229 e. The largest absolute Gasteiger partial charge is 0.495 e. The number of carbonyl (C=O) groups excluding carboxylic acids is 1. The number of hydrogen-bond donors (Lipinski definition) is 1. The van der Waals surface area contributed by atoms with Gasteiger partial charge in [-0.2, -0.15) is 0 Å². The van der Waals surface area contributed by atoms with Gasteiger partial charge in [-0.05, 0) is 56.2 Å². The molecule has 8 heteroatoms. The van der Waals surface area contributed by atoms with E-state index in [4.69, 9.17) is 26.1 Å². The normalized spacial score (nSPS) is 16.5. The third-order valence-electron chi connectivity index (χ3n) is 5.14. The average Bonchev–Trinajstić information content (AvgIpc) is 3.18. The molecule has 0 saturated carbocycles. The smallest absolute Gasteiger partial charge is 0.229 e. The zero-order chi connectivity index (χ0) is 21.1. The first-order valence-corrected chi connectivity index (χ1v) is 11.2. The van der Waals surface area contributed by atoms with Crippen molar-refractivity contribution < 1.29 is 14.3 Å². The van der Waals surface area contributed by atoms with Crippen LogP contribution in [0.2, 0.25) is 5.02 Å². The monoisotopic (exact) mass is 445 g/mol. The fourth-order valence-electron chi connectivity index (χ4n) is 3.66. The summed E-state index contributed by atoms with van der Waals surface area (Å²) in [4.78, 5) is 19.9. The highest BCUT2D eigenvalue weighted by molar-refractivity contribution is 7.22. The van der Waals surface area contributed by atoms with E-state index in [0.29, 0.717) is 29.6 Å². The van der Waals surface area contributed by atoms with Crippen molar-refractivity contribution in [1.82, 2.24) is 4.98 Å². The molecule has 30 heavy (non-hydrogen) atoms. The minimum atomic E-state index is -0.131. The van der Waals surface area contributed by atoms with Crippen molar-refractivity contribution in [3.8, 4) is 11.5 Å². The van der Waals surface area contributed by atoms with Crippen LogP contribution in [0, 0.1) is 5.92 Å². The van der Waals surface area contributed by atoms with Crippen LogP contribution in [0.1, 0.15) is 19.8 Å². The summed E-state index contributed by atoms with van der Waals surface area (Å²) >= 11 is 7.72. The Morgan fingerprint density at radius 2 is 2.20 bits per heavy atom. The number of rotatable bonds is 6. The van der Waals surface area contributed by atoms with E-state index in [2.05, 4.69) is 10.2 Å². The standard InChI is InChI=1S/C22H24ClN3O3S/c1-3-29-16-7-8-17-20(12-16)30-22(25-17)26-10-4-5-14(13-26)21(27)24-18-11-15(23)6-9-19(18)28-2/h6-9,11-12,14H,3-5,10,13H2,1-2H3,(H,24,27)/t14-/m1/s1. The maximum atomic E-state index is 12.9. The molecule has 1 N–H and O–H groups in total. The highest BCUT2D eigenvalue weighted by atomic mass is 35.5. The van der Waals surface area contributed by atoms with Crippen LogP contribution in [-0.4, -0.2) is 37.7 Å². The molecule has 1 atom stereocenters. The Bertz CT molecular complexity index is 1060. The van der Waals surface area contributed by atoms with Crippen molar-refractivity contribution >= 4 is 49.9 Å². The SMILES string of the molecule is CCOc1ccc2nc(N3CCC[C@@H](C(=O)Nc4cc(Cl)ccc4OC)C3)sc2c1. The van der Waals surface area contributed by atoms with E-state index in [1.165, 1.54) is 0 Å². The number of methoxy groups -OCH3 is 1. The van der Waals surface area contributed by atoms with Gasteiger partial charge in [0.1, 0.15) is 11.5 Å². The average molecular weight is 446 g/mol. The van der Waals surface area contributed by atoms with Crippen LogP contribution in [0.4, 0.5) is 10.8 Å². The Morgan fingerprint density at radius 3 is 3.00 bits per heavy atom. The molecule has 1 amide bonds. The van der Waals surface area contributed by atoms with Crippen LogP contribution in [0.3, 0.4) is 0 Å². The summed E-state index contributed by atoms with van der Waals surface area (Å²) < 4.78 is 12.0. The van der Waals surface area contributed by atoms with Gasteiger partial charge in [-0.25, -0.2) is 4.98 Å². The van der Waals surface area contributed by atoms with Crippen LogP contribution in [0.15, 0.2) is 36.4 Å². The van der Waals surface area contributed by atoms with Gasteiger partial charge < -0.3 is 19.7 Å². The van der Waals surface area contributed by atoms with E-state index in [0.717, 1.165) is 40.5 Å². The minimum absolute atomic E-state index is 0.0278. The number of amides is 1. The summed E-state index contributed by atoms with van der Waals surface area (Å²) in [6, 6.07) is 11.2. The molecule has 2 heterocycles. The molecule has 0 radical (unpaired) electrons. The Balaban J connectivity index is 1.48. The van der Waals surface area contributed by atoms with Crippen LogP contribution >= 0.6 is 22.9 Å². The lowest BCUT2D eigenvalue weighted by Crippen LogP contribution is -2.40. The van der Waals surface area contributed by atoms with Gasteiger partial charge in [0.15, 0.2) is 5.13 Å². The van der Waals surface area contributed by atoms with E-state index in [9.17, 15) is 4.79 Å². The first kappa shape index (κ1) is 20.8. The molecular formula is C22H24ClN3O3S. The summed E-state index contributed by atoms with van der Waals surface area (Å²) in [7, 11) is 1.57. The summed E-state index contributed by atoms with van der Waals surface area (Å²) in [5.41, 5.74) is 1.55. The predicted octanol–water partition coefficient (Wildman–Crippen LogP) is 5.21. The fraction of sp³-hybridized carbons (Fsp3) is 0.364. The van der Waals surface area contributed by atoms with Gasteiger partial charge >= 0.3 is 0 Å². The minimum Gasteiger partial charge on any atom is -0.495 e. The summed E-state index contributed by atoms with van der Waals surface area (Å²) in [6.07, 6.45) is 1.77. The van der Waals surface area contributed by atoms with Gasteiger partial charge in [0.05, 0.1) is 35.5 Å². The van der Waals surface area contributed by atoms with Crippen LogP contribution in [-0.2, 0) is 4.79 Å². The second kappa shape index (κ2) is 9.10. The van der Waals surface area contributed by atoms with Crippen LogP contribution < -0.4 is 19.7 Å². The van der Waals surface area contributed by atoms with E-state index in [1.807, 2.05) is 25.1 Å². The Kier molecular flexibility index (Phi) is 6.29. The number of aromatic nitrogens is 1. The molecule has 1 aliphatic heterocycles. The number of piperidine rings is 1. The number of thiazole rings is 1.